The van der Waals surface area contributed by atoms with Gasteiger partial charge in [0.15, 0.2) is 0 Å². The Morgan fingerprint density at radius 2 is 2.00 bits per heavy atom. The van der Waals surface area contributed by atoms with Crippen molar-refractivity contribution in [2.24, 2.45) is 17.6 Å². The summed E-state index contributed by atoms with van der Waals surface area (Å²) in [6, 6.07) is 10.1. The zero-order chi connectivity index (χ0) is 13.1. The van der Waals surface area contributed by atoms with Gasteiger partial charge in [-0.25, -0.2) is 0 Å². The summed E-state index contributed by atoms with van der Waals surface area (Å²) in [5.74, 6) is 2.18. The molecule has 1 aliphatic carbocycles. The highest BCUT2D eigenvalue weighted by Crippen LogP contribution is 2.32. The van der Waals surface area contributed by atoms with Crippen molar-refractivity contribution in [1.29, 1.82) is 0 Å². The molecule has 1 saturated carbocycles. The summed E-state index contributed by atoms with van der Waals surface area (Å²) in [6.07, 6.45) is 5.59. The minimum Gasteiger partial charge on any atom is -0.493 e. The molecular formula is C16H20N2O. The van der Waals surface area contributed by atoms with Crippen LogP contribution in [0.4, 0.5) is 0 Å². The third kappa shape index (κ3) is 2.56. The van der Waals surface area contributed by atoms with Gasteiger partial charge in [0.1, 0.15) is 5.75 Å². The first-order valence-electron chi connectivity index (χ1n) is 7.05. The third-order valence-corrected chi connectivity index (χ3v) is 4.18. The molecule has 1 fully saturated rings. The van der Waals surface area contributed by atoms with Gasteiger partial charge in [0.25, 0.3) is 0 Å². The van der Waals surface area contributed by atoms with Crippen molar-refractivity contribution in [3.63, 3.8) is 0 Å². The molecule has 0 amide bonds. The number of nitrogens with zero attached hydrogens (tertiary/aromatic N) is 1. The van der Waals surface area contributed by atoms with E-state index in [0.717, 1.165) is 29.8 Å². The molecule has 2 atom stereocenters. The van der Waals surface area contributed by atoms with Crippen LogP contribution in [-0.4, -0.2) is 18.1 Å². The summed E-state index contributed by atoms with van der Waals surface area (Å²) in [5.41, 5.74) is 6.81. The second-order valence-electron chi connectivity index (χ2n) is 5.32. The van der Waals surface area contributed by atoms with Gasteiger partial charge in [-0.1, -0.05) is 18.6 Å². The smallest absolute Gasteiger partial charge is 0.130 e. The van der Waals surface area contributed by atoms with Crippen molar-refractivity contribution >= 4 is 10.9 Å². The fourth-order valence-corrected chi connectivity index (χ4v) is 3.04. The van der Waals surface area contributed by atoms with Crippen LogP contribution in [0, 0.1) is 11.8 Å². The molecule has 2 N–H and O–H groups in total. The Hall–Kier alpha value is -1.61. The van der Waals surface area contributed by atoms with Gasteiger partial charge in [-0.05, 0) is 49.4 Å². The molecule has 1 aromatic carbocycles. The van der Waals surface area contributed by atoms with Gasteiger partial charge < -0.3 is 10.5 Å². The van der Waals surface area contributed by atoms with Crippen molar-refractivity contribution < 1.29 is 4.74 Å². The minimum atomic E-state index is 0.608. The monoisotopic (exact) mass is 256 g/mol. The molecule has 2 unspecified atom stereocenters. The van der Waals surface area contributed by atoms with Crippen LogP contribution in [0.1, 0.15) is 19.3 Å². The van der Waals surface area contributed by atoms with E-state index >= 15 is 0 Å². The standard InChI is InChI=1S/C16H20N2O/c17-10-12-4-3-5-13(12)11-19-16-8-9-18-15-7-2-1-6-14(15)16/h1-2,6-9,12-13H,3-5,10-11,17H2. The Bertz CT molecular complexity index is 550. The van der Waals surface area contributed by atoms with E-state index < -0.39 is 0 Å². The van der Waals surface area contributed by atoms with Crippen LogP contribution in [0.3, 0.4) is 0 Å². The first kappa shape index (κ1) is 12.4. The zero-order valence-corrected chi connectivity index (χ0v) is 11.1. The molecule has 1 aliphatic rings. The fourth-order valence-electron chi connectivity index (χ4n) is 3.04. The average molecular weight is 256 g/mol. The zero-order valence-electron chi connectivity index (χ0n) is 11.1. The van der Waals surface area contributed by atoms with Crippen LogP contribution in [0.2, 0.25) is 0 Å². The number of ether oxygens (including phenoxy) is 1. The molecule has 0 radical (unpaired) electrons. The van der Waals surface area contributed by atoms with E-state index in [1.807, 2.05) is 30.5 Å². The maximum absolute atomic E-state index is 6.04. The van der Waals surface area contributed by atoms with Crippen molar-refractivity contribution in [3.8, 4) is 5.75 Å². The van der Waals surface area contributed by atoms with Crippen LogP contribution in [-0.2, 0) is 0 Å². The van der Waals surface area contributed by atoms with Crippen molar-refractivity contribution in [2.45, 2.75) is 19.3 Å². The number of para-hydroxylation sites is 1. The van der Waals surface area contributed by atoms with Crippen LogP contribution in [0.15, 0.2) is 36.5 Å². The number of rotatable bonds is 4. The Morgan fingerprint density at radius 3 is 2.89 bits per heavy atom. The topological polar surface area (TPSA) is 48.1 Å². The van der Waals surface area contributed by atoms with Gasteiger partial charge in [0.05, 0.1) is 12.1 Å². The summed E-state index contributed by atoms with van der Waals surface area (Å²) in [6.45, 7) is 1.56. The molecule has 3 heteroatoms. The van der Waals surface area contributed by atoms with Crippen molar-refractivity contribution in [2.75, 3.05) is 13.2 Å². The SMILES string of the molecule is NCC1CCCC1COc1ccnc2ccccc12. The fraction of sp³-hybridized carbons (Fsp3) is 0.438. The van der Waals surface area contributed by atoms with E-state index in [9.17, 15) is 0 Å². The number of aromatic nitrogens is 1. The third-order valence-electron chi connectivity index (χ3n) is 4.18. The molecule has 3 rings (SSSR count). The maximum atomic E-state index is 6.04. The molecule has 0 aliphatic heterocycles. The number of nitrogens with two attached hydrogens (primary N) is 1. The molecule has 0 bridgehead atoms. The molecule has 0 saturated heterocycles. The van der Waals surface area contributed by atoms with Gasteiger partial charge in [0.2, 0.25) is 0 Å². The van der Waals surface area contributed by atoms with Gasteiger partial charge in [-0.2, -0.15) is 0 Å². The largest absolute Gasteiger partial charge is 0.493 e. The maximum Gasteiger partial charge on any atom is 0.130 e. The number of fused-ring (bicyclic) bond motifs is 1. The average Bonchev–Trinajstić information content (AvgIpc) is 2.92. The number of benzene rings is 1. The predicted octanol–water partition coefficient (Wildman–Crippen LogP) is 2.99. The Kier molecular flexibility index (Phi) is 3.65. The first-order chi connectivity index (χ1) is 9.38. The van der Waals surface area contributed by atoms with E-state index in [1.54, 1.807) is 0 Å². The van der Waals surface area contributed by atoms with Crippen LogP contribution in [0.25, 0.3) is 10.9 Å². The van der Waals surface area contributed by atoms with Crippen LogP contribution >= 0.6 is 0 Å². The molecule has 1 aromatic heterocycles. The second kappa shape index (κ2) is 5.57. The number of pyridine rings is 1. The highest BCUT2D eigenvalue weighted by atomic mass is 16.5. The molecule has 2 aromatic rings. The molecule has 100 valence electrons. The van der Waals surface area contributed by atoms with Crippen LogP contribution in [0.5, 0.6) is 5.75 Å². The second-order valence-corrected chi connectivity index (χ2v) is 5.32. The summed E-state index contributed by atoms with van der Waals surface area (Å²) in [7, 11) is 0. The summed E-state index contributed by atoms with van der Waals surface area (Å²) in [5, 5.41) is 1.09. The van der Waals surface area contributed by atoms with E-state index in [-0.39, 0.29) is 0 Å². The minimum absolute atomic E-state index is 0.608. The van der Waals surface area contributed by atoms with Crippen LogP contribution < -0.4 is 10.5 Å². The highest BCUT2D eigenvalue weighted by molar-refractivity contribution is 5.84. The first-order valence-corrected chi connectivity index (χ1v) is 7.05. The van der Waals surface area contributed by atoms with E-state index in [0.29, 0.717) is 11.8 Å². The Morgan fingerprint density at radius 1 is 1.16 bits per heavy atom. The van der Waals surface area contributed by atoms with Gasteiger partial charge in [-0.3, -0.25) is 4.98 Å². The lowest BCUT2D eigenvalue weighted by atomic mass is 9.97. The summed E-state index contributed by atoms with van der Waals surface area (Å²) < 4.78 is 6.04. The normalized spacial score (nSPS) is 22.8. The lowest BCUT2D eigenvalue weighted by Gasteiger charge is -2.18. The van der Waals surface area contributed by atoms with Crippen molar-refractivity contribution in [3.05, 3.63) is 36.5 Å². The molecule has 19 heavy (non-hydrogen) atoms. The predicted molar refractivity (Wildman–Crippen MR) is 77.1 cm³/mol. The Labute approximate surface area is 113 Å². The summed E-state index contributed by atoms with van der Waals surface area (Å²) in [4.78, 5) is 4.35. The number of hydrogen-bond donors (Lipinski definition) is 1. The quantitative estimate of drug-likeness (QED) is 0.914. The highest BCUT2D eigenvalue weighted by Gasteiger charge is 2.26. The lowest BCUT2D eigenvalue weighted by Crippen LogP contribution is -2.23. The van der Waals surface area contributed by atoms with Gasteiger partial charge in [-0.15, -0.1) is 0 Å². The van der Waals surface area contributed by atoms with Gasteiger partial charge >= 0.3 is 0 Å². The molecule has 0 spiro atoms. The van der Waals surface area contributed by atoms with Gasteiger partial charge in [0, 0.05) is 11.6 Å². The van der Waals surface area contributed by atoms with E-state index in [4.69, 9.17) is 10.5 Å². The van der Waals surface area contributed by atoms with Crippen molar-refractivity contribution in [1.82, 2.24) is 4.98 Å². The Balaban J connectivity index is 1.75. The summed E-state index contributed by atoms with van der Waals surface area (Å²) >= 11 is 0. The number of hydrogen-bond acceptors (Lipinski definition) is 3. The van der Waals surface area contributed by atoms with E-state index in [2.05, 4.69) is 11.1 Å². The van der Waals surface area contributed by atoms with E-state index in [1.165, 1.54) is 19.3 Å². The molecular weight excluding hydrogens is 236 g/mol. The molecule has 3 nitrogen and oxygen atoms in total. The lowest BCUT2D eigenvalue weighted by molar-refractivity contribution is 0.219. The molecule has 1 heterocycles.